The third-order valence-electron chi connectivity index (χ3n) is 2.04. The topological polar surface area (TPSA) is 29.5 Å². The molecule has 0 aliphatic carbocycles. The Balaban J connectivity index is 2.90. The number of hydrogen-bond donors (Lipinski definition) is 1. The van der Waals surface area contributed by atoms with Crippen molar-refractivity contribution in [2.24, 2.45) is 0 Å². The minimum Gasteiger partial charge on any atom is -0.491 e. The first-order valence-electron chi connectivity index (χ1n) is 4.96. The second-order valence-corrected chi connectivity index (χ2v) is 3.87. The van der Waals surface area contributed by atoms with E-state index in [1.165, 1.54) is 0 Å². The summed E-state index contributed by atoms with van der Waals surface area (Å²) >= 11 is 0. The van der Waals surface area contributed by atoms with Crippen LogP contribution in [0.1, 0.15) is 38.0 Å². The molecule has 0 amide bonds. The summed E-state index contributed by atoms with van der Waals surface area (Å²) in [5, 5.41) is 9.38. The van der Waals surface area contributed by atoms with E-state index in [2.05, 4.69) is 0 Å². The maximum Gasteiger partial charge on any atom is 0.122 e. The molecule has 1 rings (SSSR count). The molecule has 14 heavy (non-hydrogen) atoms. The van der Waals surface area contributed by atoms with Crippen LogP contribution in [0.25, 0.3) is 0 Å². The Kier molecular flexibility index (Phi) is 3.53. The maximum atomic E-state index is 9.38. The molecule has 0 aromatic heterocycles. The highest BCUT2D eigenvalue weighted by Crippen LogP contribution is 2.23. The van der Waals surface area contributed by atoms with Crippen LogP contribution >= 0.6 is 0 Å². The van der Waals surface area contributed by atoms with Gasteiger partial charge in [0.05, 0.1) is 12.2 Å². The molecule has 0 radical (unpaired) electrons. The van der Waals surface area contributed by atoms with Gasteiger partial charge < -0.3 is 9.84 Å². The van der Waals surface area contributed by atoms with Gasteiger partial charge in [-0.05, 0) is 51.0 Å². The zero-order chi connectivity index (χ0) is 10.7. The molecule has 1 aromatic carbocycles. The standard InChI is InChI=1S/C12H18O2/c1-8(2)14-12-6-5-11(10(4)13)7-9(12)3/h5-8,10,13H,1-4H3/t10-/m0/s1. The summed E-state index contributed by atoms with van der Waals surface area (Å²) in [7, 11) is 0. The molecule has 0 heterocycles. The van der Waals surface area contributed by atoms with E-state index in [1.54, 1.807) is 6.92 Å². The maximum absolute atomic E-state index is 9.38. The fraction of sp³-hybridized carbons (Fsp3) is 0.500. The first-order valence-corrected chi connectivity index (χ1v) is 4.96. The van der Waals surface area contributed by atoms with Crippen molar-refractivity contribution in [3.05, 3.63) is 29.3 Å². The molecule has 0 saturated carbocycles. The molecule has 1 N–H and O–H groups in total. The molecular weight excluding hydrogens is 176 g/mol. The monoisotopic (exact) mass is 194 g/mol. The number of hydrogen-bond acceptors (Lipinski definition) is 2. The molecule has 2 nitrogen and oxygen atoms in total. The lowest BCUT2D eigenvalue weighted by Crippen LogP contribution is -2.07. The van der Waals surface area contributed by atoms with Crippen molar-refractivity contribution in [1.82, 2.24) is 0 Å². The predicted octanol–water partition coefficient (Wildman–Crippen LogP) is 2.84. The molecule has 0 aliphatic heterocycles. The number of aliphatic hydroxyl groups excluding tert-OH is 1. The third kappa shape index (κ3) is 2.74. The molecule has 0 saturated heterocycles. The lowest BCUT2D eigenvalue weighted by molar-refractivity contribution is 0.198. The second kappa shape index (κ2) is 4.47. The summed E-state index contributed by atoms with van der Waals surface area (Å²) in [5.41, 5.74) is 2.00. The fourth-order valence-electron chi connectivity index (χ4n) is 1.32. The molecule has 2 heteroatoms. The first-order chi connectivity index (χ1) is 6.50. The van der Waals surface area contributed by atoms with Crippen molar-refractivity contribution >= 4 is 0 Å². The lowest BCUT2D eigenvalue weighted by atomic mass is 10.1. The Morgan fingerprint density at radius 2 is 1.86 bits per heavy atom. The van der Waals surface area contributed by atoms with Crippen molar-refractivity contribution in [1.29, 1.82) is 0 Å². The zero-order valence-electron chi connectivity index (χ0n) is 9.24. The Bertz CT molecular complexity index is 303. The van der Waals surface area contributed by atoms with Crippen LogP contribution in [-0.4, -0.2) is 11.2 Å². The van der Waals surface area contributed by atoms with E-state index < -0.39 is 6.10 Å². The third-order valence-corrected chi connectivity index (χ3v) is 2.04. The summed E-state index contributed by atoms with van der Waals surface area (Å²) < 4.78 is 5.60. The predicted molar refractivity (Wildman–Crippen MR) is 57.6 cm³/mol. The minimum absolute atomic E-state index is 0.186. The van der Waals surface area contributed by atoms with Crippen molar-refractivity contribution in [2.45, 2.75) is 39.9 Å². The van der Waals surface area contributed by atoms with Gasteiger partial charge in [-0.1, -0.05) is 6.07 Å². The first kappa shape index (κ1) is 11.1. The summed E-state index contributed by atoms with van der Waals surface area (Å²) in [4.78, 5) is 0. The number of benzene rings is 1. The van der Waals surface area contributed by atoms with Crippen LogP contribution in [-0.2, 0) is 0 Å². The van der Waals surface area contributed by atoms with Crippen molar-refractivity contribution < 1.29 is 9.84 Å². The van der Waals surface area contributed by atoms with Crippen LogP contribution < -0.4 is 4.74 Å². The van der Waals surface area contributed by atoms with E-state index in [-0.39, 0.29) is 6.10 Å². The van der Waals surface area contributed by atoms with E-state index in [0.29, 0.717) is 0 Å². The molecule has 0 bridgehead atoms. The van der Waals surface area contributed by atoms with E-state index in [0.717, 1.165) is 16.9 Å². The van der Waals surface area contributed by atoms with Gasteiger partial charge in [0, 0.05) is 0 Å². The highest BCUT2D eigenvalue weighted by molar-refractivity contribution is 5.37. The summed E-state index contributed by atoms with van der Waals surface area (Å²) in [6, 6.07) is 5.77. The molecular formula is C12H18O2. The van der Waals surface area contributed by atoms with Gasteiger partial charge in [-0.2, -0.15) is 0 Å². The number of rotatable bonds is 3. The van der Waals surface area contributed by atoms with Crippen LogP contribution in [0.4, 0.5) is 0 Å². The Morgan fingerprint density at radius 3 is 2.29 bits per heavy atom. The van der Waals surface area contributed by atoms with Gasteiger partial charge in [0.2, 0.25) is 0 Å². The molecule has 1 aromatic rings. The normalized spacial score (nSPS) is 13.0. The molecule has 0 spiro atoms. The van der Waals surface area contributed by atoms with E-state index in [4.69, 9.17) is 4.74 Å². The number of aliphatic hydroxyl groups is 1. The molecule has 0 aliphatic rings. The summed E-state index contributed by atoms with van der Waals surface area (Å²) in [5.74, 6) is 0.893. The van der Waals surface area contributed by atoms with Gasteiger partial charge in [0.15, 0.2) is 0 Å². The molecule has 78 valence electrons. The van der Waals surface area contributed by atoms with Gasteiger partial charge in [-0.15, -0.1) is 0 Å². The highest BCUT2D eigenvalue weighted by atomic mass is 16.5. The second-order valence-electron chi connectivity index (χ2n) is 3.87. The summed E-state index contributed by atoms with van der Waals surface area (Å²) in [6.07, 6.45) is -0.229. The van der Waals surface area contributed by atoms with E-state index in [9.17, 15) is 5.11 Å². The molecule has 0 fully saturated rings. The lowest BCUT2D eigenvalue weighted by Gasteiger charge is -2.14. The smallest absolute Gasteiger partial charge is 0.122 e. The fourth-order valence-corrected chi connectivity index (χ4v) is 1.32. The summed E-state index contributed by atoms with van der Waals surface area (Å²) in [6.45, 7) is 7.76. The van der Waals surface area contributed by atoms with Crippen LogP contribution in [0, 0.1) is 6.92 Å². The number of ether oxygens (including phenoxy) is 1. The van der Waals surface area contributed by atoms with Gasteiger partial charge in [0.25, 0.3) is 0 Å². The van der Waals surface area contributed by atoms with Crippen molar-refractivity contribution in [3.63, 3.8) is 0 Å². The van der Waals surface area contributed by atoms with E-state index >= 15 is 0 Å². The van der Waals surface area contributed by atoms with Gasteiger partial charge in [-0.3, -0.25) is 0 Å². The van der Waals surface area contributed by atoms with Crippen molar-refractivity contribution in [2.75, 3.05) is 0 Å². The van der Waals surface area contributed by atoms with Crippen LogP contribution in [0.3, 0.4) is 0 Å². The zero-order valence-corrected chi connectivity index (χ0v) is 9.24. The van der Waals surface area contributed by atoms with Crippen LogP contribution in [0.5, 0.6) is 5.75 Å². The Morgan fingerprint density at radius 1 is 1.21 bits per heavy atom. The quantitative estimate of drug-likeness (QED) is 0.801. The Labute approximate surface area is 85.5 Å². The minimum atomic E-state index is -0.415. The van der Waals surface area contributed by atoms with Crippen molar-refractivity contribution in [3.8, 4) is 5.75 Å². The van der Waals surface area contributed by atoms with Gasteiger partial charge in [-0.25, -0.2) is 0 Å². The van der Waals surface area contributed by atoms with Gasteiger partial charge in [0.1, 0.15) is 5.75 Å². The van der Waals surface area contributed by atoms with Gasteiger partial charge >= 0.3 is 0 Å². The molecule has 1 atom stereocenters. The largest absolute Gasteiger partial charge is 0.491 e. The number of aryl methyl sites for hydroxylation is 1. The Hall–Kier alpha value is -1.02. The molecule has 0 unspecified atom stereocenters. The van der Waals surface area contributed by atoms with E-state index in [1.807, 2.05) is 39.0 Å². The highest BCUT2D eigenvalue weighted by Gasteiger charge is 2.05. The van der Waals surface area contributed by atoms with Crippen LogP contribution in [0.2, 0.25) is 0 Å². The van der Waals surface area contributed by atoms with Crippen LogP contribution in [0.15, 0.2) is 18.2 Å². The average molecular weight is 194 g/mol. The average Bonchev–Trinajstić information content (AvgIpc) is 2.07. The SMILES string of the molecule is Cc1cc([C@H](C)O)ccc1OC(C)C.